The Bertz CT molecular complexity index is 1160. The van der Waals surface area contributed by atoms with E-state index in [1.807, 2.05) is 65.2 Å². The third-order valence-corrected chi connectivity index (χ3v) is 5.89. The predicted octanol–water partition coefficient (Wildman–Crippen LogP) is 5.09. The molecule has 4 aromatic rings. The van der Waals surface area contributed by atoms with Crippen molar-refractivity contribution in [3.05, 3.63) is 77.2 Å². The lowest BCUT2D eigenvalue weighted by molar-refractivity contribution is -0.113. The van der Waals surface area contributed by atoms with Crippen LogP contribution in [0.4, 0.5) is 5.69 Å². The lowest BCUT2D eigenvalue weighted by atomic mass is 10.2. The minimum atomic E-state index is -0.122. The summed E-state index contributed by atoms with van der Waals surface area (Å²) in [5.74, 6) is 2.25. The molecule has 0 saturated carbocycles. The van der Waals surface area contributed by atoms with Crippen LogP contribution in [0.1, 0.15) is 5.76 Å². The summed E-state index contributed by atoms with van der Waals surface area (Å²) in [6.45, 7) is 0.448. The standard InChI is InChI=1S/C22H19BrN4O3S/c1-29-18-5-2-4-15(12-18)21-25-26-22(27(21)13-19-6-3-11-30-19)31-14-20(28)24-17-9-7-16(23)8-10-17/h2-12H,13-14H2,1H3,(H,24,28). The van der Waals surface area contributed by atoms with Crippen molar-refractivity contribution < 1.29 is 13.9 Å². The van der Waals surface area contributed by atoms with Gasteiger partial charge in [-0.15, -0.1) is 10.2 Å². The molecule has 0 aliphatic heterocycles. The van der Waals surface area contributed by atoms with Gasteiger partial charge < -0.3 is 14.5 Å². The number of anilines is 1. The molecule has 0 fully saturated rings. The van der Waals surface area contributed by atoms with Crippen molar-refractivity contribution in [1.29, 1.82) is 0 Å². The Kier molecular flexibility index (Phi) is 6.73. The molecular formula is C22H19BrN4O3S. The topological polar surface area (TPSA) is 82.2 Å². The fourth-order valence-corrected chi connectivity index (χ4v) is 3.93. The number of halogens is 1. The summed E-state index contributed by atoms with van der Waals surface area (Å²) < 4.78 is 13.7. The van der Waals surface area contributed by atoms with Crippen LogP contribution in [0.15, 0.2) is 81.0 Å². The molecule has 0 unspecified atom stereocenters. The molecule has 0 radical (unpaired) electrons. The number of nitrogens with zero attached hydrogens (tertiary/aromatic N) is 3. The largest absolute Gasteiger partial charge is 0.497 e. The maximum atomic E-state index is 12.4. The number of thioether (sulfide) groups is 1. The molecular weight excluding hydrogens is 480 g/mol. The van der Waals surface area contributed by atoms with E-state index in [1.165, 1.54) is 11.8 Å². The summed E-state index contributed by atoms with van der Waals surface area (Å²) in [6, 6.07) is 18.8. The normalized spacial score (nSPS) is 10.8. The lowest BCUT2D eigenvalue weighted by Gasteiger charge is -2.10. The number of amides is 1. The van der Waals surface area contributed by atoms with Crippen molar-refractivity contribution in [2.75, 3.05) is 18.2 Å². The first-order valence-electron chi connectivity index (χ1n) is 9.40. The van der Waals surface area contributed by atoms with Crippen LogP contribution < -0.4 is 10.1 Å². The van der Waals surface area contributed by atoms with Gasteiger partial charge in [-0.1, -0.05) is 39.8 Å². The molecule has 0 saturated heterocycles. The SMILES string of the molecule is COc1cccc(-c2nnc(SCC(=O)Nc3ccc(Br)cc3)n2Cc2ccco2)c1. The molecule has 158 valence electrons. The summed E-state index contributed by atoms with van der Waals surface area (Å²) in [7, 11) is 1.62. The maximum absolute atomic E-state index is 12.4. The van der Waals surface area contributed by atoms with Crippen molar-refractivity contribution >= 4 is 39.3 Å². The van der Waals surface area contributed by atoms with Crippen molar-refractivity contribution in [1.82, 2.24) is 14.8 Å². The number of nitrogens with one attached hydrogen (secondary N) is 1. The Morgan fingerprint density at radius 3 is 2.74 bits per heavy atom. The number of carbonyl (C=O) groups excluding carboxylic acids is 1. The van der Waals surface area contributed by atoms with Gasteiger partial charge in [-0.3, -0.25) is 9.36 Å². The van der Waals surface area contributed by atoms with Gasteiger partial charge in [0.15, 0.2) is 11.0 Å². The minimum absolute atomic E-state index is 0.122. The second-order valence-electron chi connectivity index (χ2n) is 6.55. The van der Waals surface area contributed by atoms with Crippen LogP contribution in [-0.4, -0.2) is 33.5 Å². The van der Waals surface area contributed by atoms with Gasteiger partial charge in [0, 0.05) is 15.7 Å². The first-order chi connectivity index (χ1) is 15.1. The Balaban J connectivity index is 1.54. The van der Waals surface area contributed by atoms with Gasteiger partial charge in [0.1, 0.15) is 11.5 Å². The van der Waals surface area contributed by atoms with Crippen LogP contribution in [0.5, 0.6) is 5.75 Å². The number of furan rings is 1. The van der Waals surface area contributed by atoms with Crippen molar-refractivity contribution in [2.45, 2.75) is 11.7 Å². The predicted molar refractivity (Wildman–Crippen MR) is 123 cm³/mol. The Morgan fingerprint density at radius 1 is 1.16 bits per heavy atom. The summed E-state index contributed by atoms with van der Waals surface area (Å²) >= 11 is 4.71. The fraction of sp³-hybridized carbons (Fsp3) is 0.136. The van der Waals surface area contributed by atoms with Crippen LogP contribution in [-0.2, 0) is 11.3 Å². The number of benzene rings is 2. The van der Waals surface area contributed by atoms with E-state index in [9.17, 15) is 4.79 Å². The summed E-state index contributed by atoms with van der Waals surface area (Å²) in [6.07, 6.45) is 1.63. The first-order valence-corrected chi connectivity index (χ1v) is 11.2. The Morgan fingerprint density at radius 2 is 2.00 bits per heavy atom. The zero-order valence-electron chi connectivity index (χ0n) is 16.6. The highest BCUT2D eigenvalue weighted by molar-refractivity contribution is 9.10. The van der Waals surface area contributed by atoms with Gasteiger partial charge in [-0.25, -0.2) is 0 Å². The van der Waals surface area contributed by atoms with E-state index in [-0.39, 0.29) is 11.7 Å². The number of hydrogen-bond acceptors (Lipinski definition) is 6. The second kappa shape index (κ2) is 9.84. The van der Waals surface area contributed by atoms with Crippen LogP contribution in [0.25, 0.3) is 11.4 Å². The van der Waals surface area contributed by atoms with Crippen LogP contribution in [0, 0.1) is 0 Å². The van der Waals surface area contributed by atoms with E-state index >= 15 is 0 Å². The van der Waals surface area contributed by atoms with Crippen molar-refractivity contribution in [3.8, 4) is 17.1 Å². The van der Waals surface area contributed by atoms with E-state index < -0.39 is 0 Å². The van der Waals surface area contributed by atoms with Crippen molar-refractivity contribution in [3.63, 3.8) is 0 Å². The number of aromatic nitrogens is 3. The molecule has 7 nitrogen and oxygen atoms in total. The lowest BCUT2D eigenvalue weighted by Crippen LogP contribution is -2.14. The molecule has 0 bridgehead atoms. The van der Waals surface area contributed by atoms with Crippen LogP contribution >= 0.6 is 27.7 Å². The number of ether oxygens (including phenoxy) is 1. The molecule has 0 spiro atoms. The molecule has 2 aromatic heterocycles. The van der Waals surface area contributed by atoms with Gasteiger partial charge in [0.25, 0.3) is 0 Å². The van der Waals surface area contributed by atoms with E-state index in [0.717, 1.165) is 27.2 Å². The van der Waals surface area contributed by atoms with Crippen molar-refractivity contribution in [2.24, 2.45) is 0 Å². The number of hydrogen-bond donors (Lipinski definition) is 1. The number of methoxy groups -OCH3 is 1. The highest BCUT2D eigenvalue weighted by Crippen LogP contribution is 2.27. The highest BCUT2D eigenvalue weighted by atomic mass is 79.9. The quantitative estimate of drug-likeness (QED) is 0.340. The number of rotatable bonds is 8. The molecule has 2 heterocycles. The van der Waals surface area contributed by atoms with Crippen LogP contribution in [0.3, 0.4) is 0 Å². The van der Waals surface area contributed by atoms with Gasteiger partial charge in [-0.2, -0.15) is 0 Å². The third kappa shape index (κ3) is 5.36. The van der Waals surface area contributed by atoms with Gasteiger partial charge in [0.2, 0.25) is 5.91 Å². The van der Waals surface area contributed by atoms with Crippen LogP contribution in [0.2, 0.25) is 0 Å². The Labute approximate surface area is 191 Å². The van der Waals surface area contributed by atoms with Gasteiger partial charge >= 0.3 is 0 Å². The number of carbonyl (C=O) groups is 1. The zero-order valence-corrected chi connectivity index (χ0v) is 19.0. The van der Waals surface area contributed by atoms with Gasteiger partial charge in [0.05, 0.1) is 25.7 Å². The molecule has 4 rings (SSSR count). The highest BCUT2D eigenvalue weighted by Gasteiger charge is 2.17. The summed E-state index contributed by atoms with van der Waals surface area (Å²) in [5.41, 5.74) is 1.60. The Hall–Kier alpha value is -3.04. The first kappa shape index (κ1) is 21.2. The minimum Gasteiger partial charge on any atom is -0.497 e. The van der Waals surface area contributed by atoms with E-state index in [2.05, 4.69) is 31.4 Å². The molecule has 9 heteroatoms. The van der Waals surface area contributed by atoms with E-state index in [4.69, 9.17) is 9.15 Å². The van der Waals surface area contributed by atoms with E-state index in [1.54, 1.807) is 13.4 Å². The summed E-state index contributed by atoms with van der Waals surface area (Å²) in [5, 5.41) is 12.2. The second-order valence-corrected chi connectivity index (χ2v) is 8.41. The molecule has 1 N–H and O–H groups in total. The third-order valence-electron chi connectivity index (χ3n) is 4.40. The maximum Gasteiger partial charge on any atom is 0.234 e. The summed E-state index contributed by atoms with van der Waals surface area (Å²) in [4.78, 5) is 12.4. The molecule has 0 atom stereocenters. The monoisotopic (exact) mass is 498 g/mol. The van der Waals surface area contributed by atoms with Gasteiger partial charge in [-0.05, 0) is 48.5 Å². The van der Waals surface area contributed by atoms with E-state index in [0.29, 0.717) is 17.5 Å². The molecule has 31 heavy (non-hydrogen) atoms. The molecule has 0 aliphatic rings. The average molecular weight is 499 g/mol. The molecule has 2 aromatic carbocycles. The fourth-order valence-electron chi connectivity index (χ4n) is 2.93. The smallest absolute Gasteiger partial charge is 0.234 e. The molecule has 0 aliphatic carbocycles. The molecule has 1 amide bonds. The average Bonchev–Trinajstić information content (AvgIpc) is 3.44. The zero-order chi connectivity index (χ0) is 21.6.